The minimum absolute atomic E-state index is 0.0129. The number of nitrogens with one attached hydrogen (secondary N) is 1. The van der Waals surface area contributed by atoms with Crippen molar-refractivity contribution in [3.8, 4) is 0 Å². The molecule has 0 aromatic heterocycles. The molecular formula is C32H38Cl2N2O2. The van der Waals surface area contributed by atoms with Crippen LogP contribution < -0.4 is 5.32 Å². The molecule has 0 aliphatic rings. The normalized spacial score (nSPS) is 12.7. The van der Waals surface area contributed by atoms with Gasteiger partial charge in [0.25, 0.3) is 0 Å². The Hall–Kier alpha value is -2.82. The molecule has 38 heavy (non-hydrogen) atoms. The number of rotatable bonds is 12. The molecule has 3 aromatic rings. The fourth-order valence-electron chi connectivity index (χ4n) is 4.31. The van der Waals surface area contributed by atoms with E-state index in [9.17, 15) is 9.59 Å². The Balaban J connectivity index is 1.93. The van der Waals surface area contributed by atoms with Gasteiger partial charge in [-0.2, -0.15) is 0 Å². The zero-order chi connectivity index (χ0) is 27.7. The van der Waals surface area contributed by atoms with E-state index in [1.165, 1.54) is 5.56 Å². The lowest BCUT2D eigenvalue weighted by molar-refractivity contribution is -0.141. The van der Waals surface area contributed by atoms with Gasteiger partial charge in [-0.15, -0.1) is 0 Å². The molecule has 0 radical (unpaired) electrons. The van der Waals surface area contributed by atoms with Gasteiger partial charge in [-0.25, -0.2) is 0 Å². The molecule has 2 atom stereocenters. The summed E-state index contributed by atoms with van der Waals surface area (Å²) in [6.07, 6.45) is 2.03. The first-order chi connectivity index (χ1) is 18.2. The number of aryl methyl sites for hydroxylation is 1. The molecule has 2 amide bonds. The van der Waals surface area contributed by atoms with Gasteiger partial charge in [-0.3, -0.25) is 9.59 Å². The van der Waals surface area contributed by atoms with Crippen molar-refractivity contribution in [1.82, 2.24) is 10.2 Å². The van der Waals surface area contributed by atoms with E-state index in [4.69, 9.17) is 23.2 Å². The Bertz CT molecular complexity index is 1180. The molecule has 0 saturated carbocycles. The highest BCUT2D eigenvalue weighted by Gasteiger charge is 2.31. The largest absolute Gasteiger partial charge is 0.352 e. The van der Waals surface area contributed by atoms with Crippen molar-refractivity contribution in [1.29, 1.82) is 0 Å². The number of carbonyl (C=O) groups is 2. The Kier molecular flexibility index (Phi) is 11.2. The molecule has 0 aliphatic heterocycles. The van der Waals surface area contributed by atoms with E-state index in [0.29, 0.717) is 34.4 Å². The average Bonchev–Trinajstić information content (AvgIpc) is 2.91. The van der Waals surface area contributed by atoms with Crippen molar-refractivity contribution in [3.63, 3.8) is 0 Å². The molecule has 3 rings (SSSR count). The lowest BCUT2D eigenvalue weighted by Crippen LogP contribution is -2.52. The first kappa shape index (κ1) is 29.7. The third-order valence-corrected chi connectivity index (χ3v) is 7.64. The molecular weight excluding hydrogens is 515 g/mol. The topological polar surface area (TPSA) is 49.4 Å². The molecule has 0 bridgehead atoms. The highest BCUT2D eigenvalue weighted by Crippen LogP contribution is 2.28. The van der Waals surface area contributed by atoms with Crippen LogP contribution in [-0.4, -0.2) is 28.8 Å². The van der Waals surface area contributed by atoms with E-state index < -0.39 is 6.04 Å². The van der Waals surface area contributed by atoms with Crippen molar-refractivity contribution in [2.24, 2.45) is 0 Å². The fraction of sp³-hybridized carbons (Fsp3) is 0.375. The molecule has 0 aliphatic carbocycles. The van der Waals surface area contributed by atoms with Crippen LogP contribution in [0.3, 0.4) is 0 Å². The standard InChI is InChI=1S/C32H38Cl2N2O2/c1-5-23(4)35-32(38)30(20-25-10-7-6-8-11-25)36(21-27-28(33)12-9-13-29(27)34)31(37)19-16-24-14-17-26(18-15-24)22(2)3/h6-15,17-18,22-23,30H,5,16,19-21H2,1-4H3,(H,35,38)/t23-,30+/m1/s1. The van der Waals surface area contributed by atoms with Crippen LogP contribution in [0.1, 0.15) is 68.7 Å². The lowest BCUT2D eigenvalue weighted by Gasteiger charge is -2.33. The molecule has 6 heteroatoms. The zero-order valence-corrected chi connectivity index (χ0v) is 24.2. The van der Waals surface area contributed by atoms with Gasteiger partial charge in [0.05, 0.1) is 0 Å². The predicted molar refractivity (Wildman–Crippen MR) is 158 cm³/mol. The number of benzene rings is 3. The Morgan fingerprint density at radius 3 is 2.05 bits per heavy atom. The van der Waals surface area contributed by atoms with Crippen LogP contribution in [0.2, 0.25) is 10.0 Å². The SMILES string of the molecule is CC[C@@H](C)NC(=O)[C@H](Cc1ccccc1)N(Cc1c(Cl)cccc1Cl)C(=O)CCc1ccc(C(C)C)cc1. The monoisotopic (exact) mass is 552 g/mol. The summed E-state index contributed by atoms with van der Waals surface area (Å²) >= 11 is 13.0. The number of hydrogen-bond donors (Lipinski definition) is 1. The van der Waals surface area contributed by atoms with Gasteiger partial charge in [0, 0.05) is 41.0 Å². The fourth-order valence-corrected chi connectivity index (χ4v) is 4.83. The smallest absolute Gasteiger partial charge is 0.243 e. The second-order valence-electron chi connectivity index (χ2n) is 10.1. The maximum absolute atomic E-state index is 13.9. The van der Waals surface area contributed by atoms with E-state index in [1.54, 1.807) is 23.1 Å². The van der Waals surface area contributed by atoms with Crippen LogP contribution in [0, 0.1) is 0 Å². The predicted octanol–water partition coefficient (Wildman–Crippen LogP) is 7.60. The molecule has 202 valence electrons. The summed E-state index contributed by atoms with van der Waals surface area (Å²) in [5.41, 5.74) is 3.96. The minimum atomic E-state index is -0.713. The molecule has 1 N–H and O–H groups in total. The number of carbonyl (C=O) groups excluding carboxylic acids is 2. The van der Waals surface area contributed by atoms with Crippen LogP contribution in [0.5, 0.6) is 0 Å². The van der Waals surface area contributed by atoms with E-state index in [1.807, 2.05) is 44.2 Å². The Morgan fingerprint density at radius 2 is 1.47 bits per heavy atom. The van der Waals surface area contributed by atoms with Crippen LogP contribution in [0.15, 0.2) is 72.8 Å². The van der Waals surface area contributed by atoms with E-state index in [2.05, 4.69) is 43.4 Å². The van der Waals surface area contributed by atoms with Crippen molar-refractivity contribution in [2.45, 2.75) is 77.9 Å². The molecule has 4 nitrogen and oxygen atoms in total. The molecule has 0 saturated heterocycles. The third kappa shape index (κ3) is 8.34. The summed E-state index contributed by atoms with van der Waals surface area (Å²) in [5.74, 6) is 0.152. The summed E-state index contributed by atoms with van der Waals surface area (Å²) in [4.78, 5) is 29.2. The first-order valence-electron chi connectivity index (χ1n) is 13.3. The summed E-state index contributed by atoms with van der Waals surface area (Å²) in [6, 6.07) is 22.7. The molecule has 3 aromatic carbocycles. The van der Waals surface area contributed by atoms with Gasteiger partial charge in [0.15, 0.2) is 0 Å². The molecule has 0 spiro atoms. The van der Waals surface area contributed by atoms with Gasteiger partial charge in [0.2, 0.25) is 11.8 Å². The summed E-state index contributed by atoms with van der Waals surface area (Å²) in [5, 5.41) is 4.04. The number of amides is 2. The zero-order valence-electron chi connectivity index (χ0n) is 22.7. The van der Waals surface area contributed by atoms with Crippen molar-refractivity contribution >= 4 is 35.0 Å². The number of hydrogen-bond acceptors (Lipinski definition) is 2. The highest BCUT2D eigenvalue weighted by molar-refractivity contribution is 6.36. The van der Waals surface area contributed by atoms with Crippen LogP contribution in [0.25, 0.3) is 0 Å². The summed E-state index contributed by atoms with van der Waals surface area (Å²) in [6.45, 7) is 8.46. The van der Waals surface area contributed by atoms with E-state index in [-0.39, 0.29) is 30.8 Å². The van der Waals surface area contributed by atoms with Gasteiger partial charge >= 0.3 is 0 Å². The van der Waals surface area contributed by atoms with Crippen LogP contribution in [0.4, 0.5) is 0 Å². The average molecular weight is 554 g/mol. The minimum Gasteiger partial charge on any atom is -0.352 e. The second-order valence-corrected chi connectivity index (χ2v) is 11.0. The van der Waals surface area contributed by atoms with Crippen molar-refractivity contribution in [3.05, 3.63) is 105 Å². The quantitative estimate of drug-likeness (QED) is 0.251. The van der Waals surface area contributed by atoms with E-state index >= 15 is 0 Å². The Labute approximate surface area is 237 Å². The summed E-state index contributed by atoms with van der Waals surface area (Å²) < 4.78 is 0. The van der Waals surface area contributed by atoms with Crippen LogP contribution in [-0.2, 0) is 29.0 Å². The first-order valence-corrected chi connectivity index (χ1v) is 14.1. The van der Waals surface area contributed by atoms with Gasteiger partial charge in [-0.1, -0.05) is 105 Å². The lowest BCUT2D eigenvalue weighted by atomic mass is 9.99. The molecule has 0 fully saturated rings. The Morgan fingerprint density at radius 1 is 0.842 bits per heavy atom. The van der Waals surface area contributed by atoms with Crippen molar-refractivity contribution < 1.29 is 9.59 Å². The van der Waals surface area contributed by atoms with Crippen LogP contribution >= 0.6 is 23.2 Å². The van der Waals surface area contributed by atoms with E-state index in [0.717, 1.165) is 17.5 Å². The second kappa shape index (κ2) is 14.4. The summed E-state index contributed by atoms with van der Waals surface area (Å²) in [7, 11) is 0. The highest BCUT2D eigenvalue weighted by atomic mass is 35.5. The molecule has 0 unspecified atom stereocenters. The van der Waals surface area contributed by atoms with Crippen molar-refractivity contribution in [2.75, 3.05) is 0 Å². The van der Waals surface area contributed by atoms with Gasteiger partial charge in [-0.05, 0) is 54.5 Å². The van der Waals surface area contributed by atoms with Gasteiger partial charge < -0.3 is 10.2 Å². The number of halogens is 2. The van der Waals surface area contributed by atoms with Gasteiger partial charge in [0.1, 0.15) is 6.04 Å². The molecule has 0 heterocycles. The maximum Gasteiger partial charge on any atom is 0.243 e. The third-order valence-electron chi connectivity index (χ3n) is 6.94. The maximum atomic E-state index is 13.9. The number of nitrogens with zero attached hydrogens (tertiary/aromatic N) is 1.